The molecule has 0 spiro atoms. The summed E-state index contributed by atoms with van der Waals surface area (Å²) in [5.74, 6) is -0.215. The van der Waals surface area contributed by atoms with Crippen LogP contribution in [0.15, 0.2) is 220 Å². The number of carbonyl (C=O) groups excluding carboxylic acids is 3. The van der Waals surface area contributed by atoms with E-state index in [4.69, 9.17) is 23.7 Å². The molecular weight excluding hydrogens is 1220 g/mol. The molecule has 0 bridgehead atoms. The van der Waals surface area contributed by atoms with Crippen molar-refractivity contribution in [3.63, 3.8) is 0 Å². The molecule has 96 heavy (non-hydrogen) atoms. The molecule has 486 valence electrons. The van der Waals surface area contributed by atoms with E-state index in [2.05, 4.69) is 76.1 Å². The molecule has 0 aromatic carbocycles. The molecule has 27 nitrogen and oxygen atoms in total. The summed E-state index contributed by atoms with van der Waals surface area (Å²) in [7, 11) is 3.26. The lowest BCUT2D eigenvalue weighted by Crippen LogP contribution is -2.14. The average Bonchev–Trinajstić information content (AvgIpc) is 2.11. The van der Waals surface area contributed by atoms with Gasteiger partial charge in [0.15, 0.2) is 0 Å². The predicted octanol–water partition coefficient (Wildman–Crippen LogP) is 9.41. The Balaban J connectivity index is 0.000000157. The highest BCUT2D eigenvalue weighted by atomic mass is 16.5. The van der Waals surface area contributed by atoms with Gasteiger partial charge in [0.05, 0.1) is 111 Å². The summed E-state index contributed by atoms with van der Waals surface area (Å²) in [6.45, 7) is 4.26. The molecule has 27 heteroatoms. The van der Waals surface area contributed by atoms with E-state index < -0.39 is 5.91 Å². The minimum Gasteiger partial charge on any atom is -0.439 e. The third-order valence-corrected chi connectivity index (χ3v) is 13.6. The quantitative estimate of drug-likeness (QED) is 0.0348. The lowest BCUT2D eigenvalue weighted by molar-refractivity contribution is 0.0654. The second-order valence-electron chi connectivity index (χ2n) is 20.3. The van der Waals surface area contributed by atoms with Crippen LogP contribution in [0.3, 0.4) is 0 Å². The Morgan fingerprint density at radius 3 is 1.16 bits per heavy atom. The summed E-state index contributed by atoms with van der Waals surface area (Å²) in [6.07, 6.45) is 20.2. The number of aliphatic hydroxyl groups excluding tert-OH is 1. The van der Waals surface area contributed by atoms with Gasteiger partial charge in [0.2, 0.25) is 5.88 Å². The van der Waals surface area contributed by atoms with Crippen LogP contribution in [0.5, 0.6) is 11.6 Å². The Morgan fingerprint density at radius 1 is 0.396 bits per heavy atom. The zero-order valence-corrected chi connectivity index (χ0v) is 52.3. The van der Waals surface area contributed by atoms with Crippen molar-refractivity contribution in [2.24, 2.45) is 0 Å². The highest BCUT2D eigenvalue weighted by Gasteiger charge is 2.21. The van der Waals surface area contributed by atoms with Gasteiger partial charge in [-0.15, -0.1) is 0 Å². The maximum Gasteiger partial charge on any atom is 0.274 e. The summed E-state index contributed by atoms with van der Waals surface area (Å²) >= 11 is 0. The number of aliphatic hydroxyl groups is 1. The van der Waals surface area contributed by atoms with E-state index in [1.807, 2.05) is 84.9 Å². The molecular formula is C69H66N18O9. The number of ether oxygens (including phenoxy) is 5. The first-order valence-electron chi connectivity index (χ1n) is 30.2. The first-order chi connectivity index (χ1) is 47.2. The number of hydrogen-bond donors (Lipinski definition) is 4. The Labute approximate surface area is 551 Å². The fraction of sp³-hybridized carbons (Fsp3) is 0.174. The predicted molar refractivity (Wildman–Crippen MR) is 356 cm³/mol. The fourth-order valence-electron chi connectivity index (χ4n) is 9.04. The van der Waals surface area contributed by atoms with E-state index in [-0.39, 0.29) is 29.8 Å². The molecule has 0 aliphatic heterocycles. The van der Waals surface area contributed by atoms with E-state index in [1.165, 1.54) is 0 Å². The highest BCUT2D eigenvalue weighted by Crippen LogP contribution is 2.29. The number of nitrogens with zero attached hydrogens (tertiary/aromatic N) is 15. The third-order valence-electron chi connectivity index (χ3n) is 13.6. The van der Waals surface area contributed by atoms with Crippen LogP contribution in [0.2, 0.25) is 0 Å². The van der Waals surface area contributed by atoms with Gasteiger partial charge in [-0.3, -0.25) is 58.3 Å². The Kier molecular flexibility index (Phi) is 24.5. The van der Waals surface area contributed by atoms with Crippen LogP contribution in [-0.4, -0.2) is 157 Å². The lowest BCUT2D eigenvalue weighted by atomic mass is 10.1. The fourth-order valence-corrected chi connectivity index (χ4v) is 9.04. The van der Waals surface area contributed by atoms with Gasteiger partial charge >= 0.3 is 0 Å². The van der Waals surface area contributed by atoms with E-state index >= 15 is 0 Å². The number of pyridine rings is 9. The molecule has 0 aliphatic rings. The minimum atomic E-state index is -0.395. The van der Waals surface area contributed by atoms with Crippen LogP contribution in [0.4, 0.5) is 17.1 Å². The van der Waals surface area contributed by atoms with E-state index in [0.717, 1.165) is 11.1 Å². The maximum atomic E-state index is 13.0. The molecule has 0 fully saturated rings. The smallest absolute Gasteiger partial charge is 0.274 e. The first-order valence-corrected chi connectivity index (χ1v) is 30.2. The molecule has 12 aromatic heterocycles. The number of nitrogens with one attached hydrogen (secondary N) is 3. The van der Waals surface area contributed by atoms with Crippen molar-refractivity contribution in [1.29, 1.82) is 0 Å². The van der Waals surface area contributed by atoms with Crippen LogP contribution in [-0.2, 0) is 38.6 Å². The number of carbonyl (C=O) groups is 3. The first kappa shape index (κ1) is 66.9. The Hall–Kier alpha value is -12.0. The lowest BCUT2D eigenvalue weighted by Gasteiger charge is -2.07. The molecule has 0 saturated carbocycles. The molecule has 0 saturated heterocycles. The van der Waals surface area contributed by atoms with Crippen LogP contribution in [0.1, 0.15) is 31.5 Å². The number of aromatic nitrogens is 15. The van der Waals surface area contributed by atoms with Crippen LogP contribution in [0.25, 0.3) is 56.7 Å². The maximum absolute atomic E-state index is 13.0. The number of hydrogen-bond acceptors (Lipinski definition) is 21. The van der Waals surface area contributed by atoms with Crippen molar-refractivity contribution in [2.75, 3.05) is 76.4 Å². The third kappa shape index (κ3) is 19.3. The van der Waals surface area contributed by atoms with Crippen molar-refractivity contribution in [2.45, 2.75) is 19.6 Å². The van der Waals surface area contributed by atoms with Crippen molar-refractivity contribution in [3.8, 4) is 68.3 Å². The van der Waals surface area contributed by atoms with Gasteiger partial charge in [0.25, 0.3) is 17.7 Å². The van der Waals surface area contributed by atoms with E-state index in [1.54, 1.807) is 163 Å². The second-order valence-corrected chi connectivity index (χ2v) is 20.3. The summed E-state index contributed by atoms with van der Waals surface area (Å²) in [4.78, 5) is 77.2. The minimum absolute atomic E-state index is 0.0632. The zero-order chi connectivity index (χ0) is 66.5. The standard InChI is InChI=1S/C24H24N6O4.C24H24N6O3.C21H18N6O2/c1-32-15-16-33-14-13-30-17-21(23(29-30)19-5-2-3-10-26-19)28-24(31)20-6-4-7-22(27-20)34-18-8-11-25-12-9-18;1-32-15-16-33-14-13-30-17-22(23(29-30)20-5-2-3-10-26-20)28-24(31)21-7-4-6-19(27-21)18-8-11-25-12-9-18;28-13-12-27-14-19(20(26-27)17-4-1-2-9-23-17)25-21(29)18-6-3-5-16(24-18)15-7-10-22-11-8-15/h2-12,17H,13-16H2,1H3,(H,28,31);2-12,17H,13-16H2,1H3,(H,28,31);1-11,14,28H,12-13H2,(H,25,29). The Bertz CT molecular complexity index is 4380. The van der Waals surface area contributed by atoms with Gasteiger partial charge in [-0.25, -0.2) is 15.0 Å². The number of methoxy groups -OCH3 is 2. The molecule has 12 heterocycles. The normalized spacial score (nSPS) is 10.7. The van der Waals surface area contributed by atoms with E-state index in [9.17, 15) is 19.5 Å². The molecule has 0 unspecified atom stereocenters. The second kappa shape index (κ2) is 35.1. The van der Waals surface area contributed by atoms with Crippen molar-refractivity contribution >= 4 is 34.8 Å². The number of rotatable bonds is 27. The molecule has 0 aliphatic carbocycles. The molecule has 12 rings (SSSR count). The topological polar surface area (TPSA) is 323 Å². The van der Waals surface area contributed by atoms with Gasteiger partial charge in [0.1, 0.15) is 39.9 Å². The van der Waals surface area contributed by atoms with Gasteiger partial charge in [-0.2, -0.15) is 15.3 Å². The number of anilines is 3. The van der Waals surface area contributed by atoms with E-state index in [0.29, 0.717) is 139 Å². The molecule has 3 amide bonds. The van der Waals surface area contributed by atoms with Crippen molar-refractivity contribution in [3.05, 3.63) is 237 Å². The van der Waals surface area contributed by atoms with Crippen LogP contribution in [0, 0.1) is 0 Å². The molecule has 12 aromatic rings. The average molecular weight is 1290 g/mol. The van der Waals surface area contributed by atoms with Gasteiger partial charge in [-0.05, 0) is 103 Å². The van der Waals surface area contributed by atoms with Crippen LogP contribution >= 0.6 is 0 Å². The molecule has 0 radical (unpaired) electrons. The SMILES string of the molecule is COCCOCCn1cc(NC(=O)c2cccc(-c3ccncc3)n2)c(-c2ccccn2)n1.COCCOCCn1cc(NC(=O)c2cccc(Oc3ccncc3)n2)c(-c2ccccn2)n1.O=C(Nc1cn(CCO)nc1-c1ccccn1)c1cccc(-c2ccncc2)n1. The summed E-state index contributed by atoms with van der Waals surface area (Å²) < 4.78 is 31.7. The van der Waals surface area contributed by atoms with Crippen molar-refractivity contribution < 1.29 is 43.2 Å². The molecule has 0 atom stereocenters. The largest absolute Gasteiger partial charge is 0.439 e. The van der Waals surface area contributed by atoms with Gasteiger partial charge < -0.3 is 44.7 Å². The monoisotopic (exact) mass is 1290 g/mol. The summed E-state index contributed by atoms with van der Waals surface area (Å²) in [5.41, 5.74) is 9.05. The van der Waals surface area contributed by atoms with Gasteiger partial charge in [-0.1, -0.05) is 36.4 Å². The zero-order valence-electron chi connectivity index (χ0n) is 52.3. The highest BCUT2D eigenvalue weighted by molar-refractivity contribution is 6.06. The molecule has 4 N–H and O–H groups in total. The van der Waals surface area contributed by atoms with Crippen LogP contribution < -0.4 is 20.7 Å². The van der Waals surface area contributed by atoms with Crippen molar-refractivity contribution in [1.82, 2.24) is 74.2 Å². The number of amides is 3. The summed E-state index contributed by atoms with van der Waals surface area (Å²) in [5, 5.41) is 31.5. The van der Waals surface area contributed by atoms with Gasteiger partial charge in [0, 0.05) is 106 Å². The Morgan fingerprint density at radius 2 is 0.771 bits per heavy atom. The summed E-state index contributed by atoms with van der Waals surface area (Å²) in [6, 6.07) is 42.9.